The maximum Gasteiger partial charge on any atom is 0.311 e. The van der Waals surface area contributed by atoms with E-state index in [1.807, 2.05) is 51.4 Å². The molecular formula is C17H18N2O3. The Hall–Kier alpha value is -2.82. The van der Waals surface area contributed by atoms with Crippen molar-refractivity contribution in [3.63, 3.8) is 0 Å². The predicted molar refractivity (Wildman–Crippen MR) is 86.4 cm³/mol. The Morgan fingerprint density at radius 3 is 2.23 bits per heavy atom. The average molecular weight is 298 g/mol. The summed E-state index contributed by atoms with van der Waals surface area (Å²) in [5, 5.41) is 11.1. The number of nitrogens with zero attached hydrogens (tertiary/aromatic N) is 2. The molecule has 22 heavy (non-hydrogen) atoms. The molecule has 0 spiro atoms. The van der Waals surface area contributed by atoms with E-state index >= 15 is 0 Å². The minimum Gasteiger partial charge on any atom is -0.434 e. The summed E-state index contributed by atoms with van der Waals surface area (Å²) in [4.78, 5) is 12.5. The van der Waals surface area contributed by atoms with Gasteiger partial charge in [0.25, 0.3) is 0 Å². The van der Waals surface area contributed by atoms with Crippen LogP contribution in [0, 0.1) is 10.1 Å². The first-order chi connectivity index (χ1) is 10.5. The van der Waals surface area contributed by atoms with Gasteiger partial charge in [-0.15, -0.1) is 0 Å². The third kappa shape index (κ3) is 3.44. The first-order valence-corrected chi connectivity index (χ1v) is 6.85. The van der Waals surface area contributed by atoms with Crippen molar-refractivity contribution in [2.75, 3.05) is 14.1 Å². The number of rotatable bonds is 5. The van der Waals surface area contributed by atoms with Crippen LogP contribution in [-0.2, 0) is 0 Å². The molecule has 0 radical (unpaired) electrons. The van der Waals surface area contributed by atoms with Crippen molar-refractivity contribution in [2.45, 2.75) is 6.92 Å². The summed E-state index contributed by atoms with van der Waals surface area (Å²) in [5.41, 5.74) is 1.86. The topological polar surface area (TPSA) is 55.6 Å². The quantitative estimate of drug-likeness (QED) is 0.477. The molecule has 0 N–H and O–H groups in total. The standard InChI is InChI=1S/C17H18N2O3/c1-13(14-9-5-4-6-10-14)17(18(2)3)22-16-12-8-7-11-15(16)19(20)21/h4-12H,1-3H3. The van der Waals surface area contributed by atoms with E-state index in [0.717, 1.165) is 11.1 Å². The molecule has 0 aliphatic heterocycles. The molecule has 0 saturated heterocycles. The molecule has 0 aromatic heterocycles. The summed E-state index contributed by atoms with van der Waals surface area (Å²) in [6.07, 6.45) is 0. The lowest BCUT2D eigenvalue weighted by Crippen LogP contribution is -2.18. The van der Waals surface area contributed by atoms with Crippen LogP contribution in [0.25, 0.3) is 5.57 Å². The van der Waals surface area contributed by atoms with E-state index in [2.05, 4.69) is 0 Å². The highest BCUT2D eigenvalue weighted by Gasteiger charge is 2.18. The van der Waals surface area contributed by atoms with Gasteiger partial charge in [0.05, 0.1) is 4.92 Å². The van der Waals surface area contributed by atoms with Crippen molar-refractivity contribution in [2.24, 2.45) is 0 Å². The largest absolute Gasteiger partial charge is 0.434 e. The molecule has 0 aliphatic rings. The molecule has 0 aliphatic carbocycles. The van der Waals surface area contributed by atoms with Gasteiger partial charge < -0.3 is 9.64 Å². The fourth-order valence-corrected chi connectivity index (χ4v) is 2.11. The van der Waals surface area contributed by atoms with E-state index in [-0.39, 0.29) is 11.4 Å². The molecule has 2 aromatic carbocycles. The number of nitro benzene ring substituents is 1. The highest BCUT2D eigenvalue weighted by atomic mass is 16.6. The molecule has 2 aromatic rings. The molecule has 0 bridgehead atoms. The molecule has 0 saturated carbocycles. The zero-order chi connectivity index (χ0) is 16.1. The molecular weight excluding hydrogens is 280 g/mol. The number of benzene rings is 2. The second-order valence-electron chi connectivity index (χ2n) is 5.02. The van der Waals surface area contributed by atoms with Gasteiger partial charge in [-0.1, -0.05) is 42.5 Å². The van der Waals surface area contributed by atoms with Gasteiger partial charge in [0, 0.05) is 25.7 Å². The molecule has 5 nitrogen and oxygen atoms in total. The number of allylic oxidation sites excluding steroid dienone is 1. The smallest absolute Gasteiger partial charge is 0.311 e. The van der Waals surface area contributed by atoms with Crippen LogP contribution in [0.4, 0.5) is 5.69 Å². The lowest BCUT2D eigenvalue weighted by Gasteiger charge is -2.20. The first-order valence-electron chi connectivity index (χ1n) is 6.85. The lowest BCUT2D eigenvalue weighted by atomic mass is 10.1. The van der Waals surface area contributed by atoms with Crippen LogP contribution >= 0.6 is 0 Å². The Labute approximate surface area is 129 Å². The second-order valence-corrected chi connectivity index (χ2v) is 5.02. The number of hydrogen-bond donors (Lipinski definition) is 0. The van der Waals surface area contributed by atoms with Crippen LogP contribution in [0.2, 0.25) is 0 Å². The van der Waals surface area contributed by atoms with E-state index in [1.54, 1.807) is 23.1 Å². The van der Waals surface area contributed by atoms with Gasteiger partial charge in [-0.25, -0.2) is 0 Å². The van der Waals surface area contributed by atoms with Crippen LogP contribution in [0.15, 0.2) is 60.5 Å². The number of para-hydroxylation sites is 2. The van der Waals surface area contributed by atoms with E-state index in [1.165, 1.54) is 6.07 Å². The summed E-state index contributed by atoms with van der Waals surface area (Å²) in [6.45, 7) is 1.93. The summed E-state index contributed by atoms with van der Waals surface area (Å²) in [5.74, 6) is 0.798. The molecule has 2 rings (SSSR count). The second kappa shape index (κ2) is 6.76. The average Bonchev–Trinajstić information content (AvgIpc) is 2.52. The summed E-state index contributed by atoms with van der Waals surface area (Å²) in [7, 11) is 3.69. The van der Waals surface area contributed by atoms with Gasteiger partial charge in [-0.2, -0.15) is 0 Å². The number of hydrogen-bond acceptors (Lipinski definition) is 4. The summed E-state index contributed by atoms with van der Waals surface area (Å²) in [6, 6.07) is 16.1. The summed E-state index contributed by atoms with van der Waals surface area (Å²) >= 11 is 0. The van der Waals surface area contributed by atoms with Crippen molar-refractivity contribution >= 4 is 11.3 Å². The summed E-state index contributed by atoms with van der Waals surface area (Å²) < 4.78 is 5.85. The van der Waals surface area contributed by atoms with Crippen LogP contribution in [0.5, 0.6) is 5.75 Å². The number of ether oxygens (including phenoxy) is 1. The van der Waals surface area contributed by atoms with Gasteiger partial charge in [-0.3, -0.25) is 10.1 Å². The maximum absolute atomic E-state index is 11.1. The van der Waals surface area contributed by atoms with Crippen LogP contribution in [-0.4, -0.2) is 23.9 Å². The minimum atomic E-state index is -0.444. The highest BCUT2D eigenvalue weighted by Crippen LogP contribution is 2.30. The van der Waals surface area contributed by atoms with Crippen molar-refractivity contribution in [1.82, 2.24) is 4.90 Å². The van der Waals surface area contributed by atoms with Gasteiger partial charge in [-0.05, 0) is 18.6 Å². The zero-order valence-electron chi connectivity index (χ0n) is 12.8. The third-order valence-corrected chi connectivity index (χ3v) is 3.20. The fourth-order valence-electron chi connectivity index (χ4n) is 2.11. The van der Waals surface area contributed by atoms with Crippen LogP contribution in [0.3, 0.4) is 0 Å². The number of nitro groups is 1. The van der Waals surface area contributed by atoms with Crippen molar-refractivity contribution in [3.05, 3.63) is 76.2 Å². The maximum atomic E-state index is 11.1. The van der Waals surface area contributed by atoms with Crippen LogP contribution < -0.4 is 4.74 Å². The SMILES string of the molecule is CC(=C(Oc1ccccc1[N+](=O)[O-])N(C)C)c1ccccc1. The van der Waals surface area contributed by atoms with E-state index in [4.69, 9.17) is 4.74 Å². The molecule has 0 amide bonds. The molecule has 0 atom stereocenters. The van der Waals surface area contributed by atoms with Gasteiger partial charge in [0.2, 0.25) is 5.75 Å². The minimum absolute atomic E-state index is 0.0530. The van der Waals surface area contributed by atoms with E-state index in [9.17, 15) is 10.1 Å². The van der Waals surface area contributed by atoms with Crippen molar-refractivity contribution in [1.29, 1.82) is 0 Å². The Balaban J connectivity index is 2.45. The molecule has 0 fully saturated rings. The third-order valence-electron chi connectivity index (χ3n) is 3.20. The lowest BCUT2D eigenvalue weighted by molar-refractivity contribution is -0.385. The van der Waals surface area contributed by atoms with Gasteiger partial charge >= 0.3 is 5.69 Å². The highest BCUT2D eigenvalue weighted by molar-refractivity contribution is 5.66. The Morgan fingerprint density at radius 2 is 1.64 bits per heavy atom. The molecule has 5 heteroatoms. The first kappa shape index (κ1) is 15.6. The Morgan fingerprint density at radius 1 is 1.05 bits per heavy atom. The normalized spacial score (nSPS) is 11.6. The van der Waals surface area contributed by atoms with Gasteiger partial charge in [0.1, 0.15) is 0 Å². The van der Waals surface area contributed by atoms with E-state index < -0.39 is 4.92 Å². The predicted octanol–water partition coefficient (Wildman–Crippen LogP) is 3.92. The van der Waals surface area contributed by atoms with Gasteiger partial charge in [0.15, 0.2) is 5.88 Å². The van der Waals surface area contributed by atoms with E-state index in [0.29, 0.717) is 5.88 Å². The molecule has 114 valence electrons. The fraction of sp³-hybridized carbons (Fsp3) is 0.176. The monoisotopic (exact) mass is 298 g/mol. The van der Waals surface area contributed by atoms with Crippen molar-refractivity contribution < 1.29 is 9.66 Å². The zero-order valence-corrected chi connectivity index (χ0v) is 12.8. The van der Waals surface area contributed by atoms with Crippen molar-refractivity contribution in [3.8, 4) is 5.75 Å². The Bertz CT molecular complexity index is 694. The Kier molecular flexibility index (Phi) is 4.78. The molecule has 0 unspecified atom stereocenters. The molecule has 0 heterocycles. The van der Waals surface area contributed by atoms with Crippen LogP contribution in [0.1, 0.15) is 12.5 Å².